The molecule has 4 heteroatoms. The Balaban J connectivity index is 1.57. The lowest BCUT2D eigenvalue weighted by Crippen LogP contribution is -2.45. The summed E-state index contributed by atoms with van der Waals surface area (Å²) in [5, 5.41) is 10.9. The highest BCUT2D eigenvalue weighted by molar-refractivity contribution is 5.21. The first-order valence-corrected chi connectivity index (χ1v) is 6.27. The van der Waals surface area contributed by atoms with Crippen LogP contribution in [0.3, 0.4) is 0 Å². The molecule has 2 heterocycles. The number of aryl methyl sites for hydroxylation is 1. The first-order chi connectivity index (χ1) is 7.92. The zero-order valence-corrected chi connectivity index (χ0v) is 9.54. The van der Waals surface area contributed by atoms with Crippen LogP contribution in [0.25, 0.3) is 0 Å². The standard InChI is InChI=1S/C12H19N3O/c1-2-11(8-16-5-1)14-10-3-4-12-9(6-10)7-13-15-12/h7,10-11,14H,1-6,8H2,(H,13,15). The molecule has 0 spiro atoms. The Morgan fingerprint density at radius 2 is 2.38 bits per heavy atom. The van der Waals surface area contributed by atoms with Crippen molar-refractivity contribution in [2.45, 2.75) is 44.2 Å². The minimum atomic E-state index is 0.562. The number of aromatic amines is 1. The Kier molecular flexibility index (Phi) is 2.93. The molecule has 4 nitrogen and oxygen atoms in total. The van der Waals surface area contributed by atoms with E-state index in [0.717, 1.165) is 26.1 Å². The van der Waals surface area contributed by atoms with E-state index in [1.165, 1.54) is 30.5 Å². The molecule has 0 amide bonds. The number of nitrogens with zero attached hydrogens (tertiary/aromatic N) is 1. The Morgan fingerprint density at radius 3 is 3.25 bits per heavy atom. The van der Waals surface area contributed by atoms with E-state index in [0.29, 0.717) is 12.1 Å². The predicted octanol–water partition coefficient (Wildman–Crippen LogP) is 1.04. The van der Waals surface area contributed by atoms with Crippen molar-refractivity contribution in [3.05, 3.63) is 17.5 Å². The number of nitrogens with one attached hydrogen (secondary N) is 2. The Morgan fingerprint density at radius 1 is 1.38 bits per heavy atom. The molecule has 0 saturated carbocycles. The van der Waals surface area contributed by atoms with Crippen LogP contribution >= 0.6 is 0 Å². The largest absolute Gasteiger partial charge is 0.380 e. The maximum Gasteiger partial charge on any atom is 0.0619 e. The SMILES string of the molecule is c1n[nH]c2c1CC(NC1CCCOC1)CC2. The third-order valence-electron chi connectivity index (χ3n) is 3.65. The van der Waals surface area contributed by atoms with E-state index in [1.54, 1.807) is 0 Å². The fourth-order valence-corrected chi connectivity index (χ4v) is 2.76. The van der Waals surface area contributed by atoms with Crippen LogP contribution in [0.1, 0.15) is 30.5 Å². The van der Waals surface area contributed by atoms with Crippen LogP contribution in [0, 0.1) is 0 Å². The maximum absolute atomic E-state index is 5.50. The van der Waals surface area contributed by atoms with Gasteiger partial charge in [-0.15, -0.1) is 0 Å². The van der Waals surface area contributed by atoms with Gasteiger partial charge >= 0.3 is 0 Å². The molecule has 0 radical (unpaired) electrons. The summed E-state index contributed by atoms with van der Waals surface area (Å²) in [5.74, 6) is 0. The highest BCUT2D eigenvalue weighted by atomic mass is 16.5. The van der Waals surface area contributed by atoms with Crippen molar-refractivity contribution in [3.8, 4) is 0 Å². The summed E-state index contributed by atoms with van der Waals surface area (Å²) >= 11 is 0. The Bertz CT molecular complexity index is 344. The van der Waals surface area contributed by atoms with Crippen molar-refractivity contribution in [2.75, 3.05) is 13.2 Å². The van der Waals surface area contributed by atoms with Gasteiger partial charge in [-0.05, 0) is 37.7 Å². The number of fused-ring (bicyclic) bond motifs is 1. The monoisotopic (exact) mass is 221 g/mol. The van der Waals surface area contributed by atoms with Crippen LogP contribution in [0.2, 0.25) is 0 Å². The molecule has 16 heavy (non-hydrogen) atoms. The van der Waals surface area contributed by atoms with Crippen molar-refractivity contribution in [3.63, 3.8) is 0 Å². The molecule has 1 fully saturated rings. The number of aromatic nitrogens is 2. The third-order valence-corrected chi connectivity index (χ3v) is 3.65. The summed E-state index contributed by atoms with van der Waals surface area (Å²) in [5.41, 5.74) is 2.72. The molecule has 1 saturated heterocycles. The highest BCUT2D eigenvalue weighted by Gasteiger charge is 2.23. The van der Waals surface area contributed by atoms with Crippen molar-refractivity contribution >= 4 is 0 Å². The van der Waals surface area contributed by atoms with Gasteiger partial charge in [0.25, 0.3) is 0 Å². The van der Waals surface area contributed by atoms with Gasteiger partial charge in [-0.25, -0.2) is 0 Å². The van der Waals surface area contributed by atoms with Crippen LogP contribution in [0.5, 0.6) is 0 Å². The quantitative estimate of drug-likeness (QED) is 0.784. The van der Waals surface area contributed by atoms with Gasteiger partial charge in [0.2, 0.25) is 0 Å². The fraction of sp³-hybridized carbons (Fsp3) is 0.750. The molecular formula is C12H19N3O. The molecular weight excluding hydrogens is 202 g/mol. The molecule has 2 N–H and O–H groups in total. The predicted molar refractivity (Wildman–Crippen MR) is 61.4 cm³/mol. The topological polar surface area (TPSA) is 49.9 Å². The Hall–Kier alpha value is -0.870. The number of ether oxygens (including phenoxy) is 1. The normalized spacial score (nSPS) is 30.0. The number of rotatable bonds is 2. The minimum Gasteiger partial charge on any atom is -0.380 e. The highest BCUT2D eigenvalue weighted by Crippen LogP contribution is 2.20. The summed E-state index contributed by atoms with van der Waals surface area (Å²) in [6.45, 7) is 1.82. The van der Waals surface area contributed by atoms with Gasteiger partial charge in [0.05, 0.1) is 12.8 Å². The zero-order valence-electron chi connectivity index (χ0n) is 9.54. The van der Waals surface area contributed by atoms with Gasteiger partial charge in [0, 0.05) is 24.4 Å². The molecule has 1 aliphatic carbocycles. The summed E-state index contributed by atoms with van der Waals surface area (Å²) < 4.78 is 5.50. The number of hydrogen-bond donors (Lipinski definition) is 2. The van der Waals surface area contributed by atoms with Gasteiger partial charge in [-0.1, -0.05) is 0 Å². The molecule has 0 bridgehead atoms. The van der Waals surface area contributed by atoms with E-state index in [2.05, 4.69) is 15.5 Å². The van der Waals surface area contributed by atoms with Crippen LogP contribution < -0.4 is 5.32 Å². The van der Waals surface area contributed by atoms with Crippen LogP contribution in [-0.2, 0) is 17.6 Å². The van der Waals surface area contributed by atoms with Crippen LogP contribution in [0.15, 0.2) is 6.20 Å². The molecule has 3 rings (SSSR count). The number of H-pyrrole nitrogens is 1. The third kappa shape index (κ3) is 2.13. The lowest BCUT2D eigenvalue weighted by molar-refractivity contribution is 0.0656. The second-order valence-electron chi connectivity index (χ2n) is 4.89. The fourth-order valence-electron chi connectivity index (χ4n) is 2.76. The first-order valence-electron chi connectivity index (χ1n) is 6.27. The average molecular weight is 221 g/mol. The van der Waals surface area contributed by atoms with E-state index in [1.807, 2.05) is 6.20 Å². The molecule has 1 aromatic rings. The van der Waals surface area contributed by atoms with E-state index in [4.69, 9.17) is 4.74 Å². The summed E-state index contributed by atoms with van der Waals surface area (Å²) in [7, 11) is 0. The maximum atomic E-state index is 5.50. The second kappa shape index (κ2) is 4.55. The molecule has 2 unspecified atom stereocenters. The molecule has 2 aliphatic rings. The van der Waals surface area contributed by atoms with E-state index in [9.17, 15) is 0 Å². The average Bonchev–Trinajstić information content (AvgIpc) is 2.77. The second-order valence-corrected chi connectivity index (χ2v) is 4.89. The first kappa shape index (κ1) is 10.3. The van der Waals surface area contributed by atoms with E-state index >= 15 is 0 Å². The smallest absolute Gasteiger partial charge is 0.0619 e. The summed E-state index contributed by atoms with van der Waals surface area (Å²) in [6.07, 6.45) is 7.88. The van der Waals surface area contributed by atoms with Crippen molar-refractivity contribution in [1.29, 1.82) is 0 Å². The van der Waals surface area contributed by atoms with Crippen LogP contribution in [-0.4, -0.2) is 35.5 Å². The van der Waals surface area contributed by atoms with Crippen molar-refractivity contribution in [2.24, 2.45) is 0 Å². The lowest BCUT2D eigenvalue weighted by Gasteiger charge is -2.30. The molecule has 2 atom stereocenters. The molecule has 88 valence electrons. The van der Waals surface area contributed by atoms with Crippen molar-refractivity contribution in [1.82, 2.24) is 15.5 Å². The van der Waals surface area contributed by atoms with Gasteiger partial charge in [0.15, 0.2) is 0 Å². The van der Waals surface area contributed by atoms with E-state index < -0.39 is 0 Å². The van der Waals surface area contributed by atoms with Gasteiger partial charge < -0.3 is 10.1 Å². The number of hydrogen-bond acceptors (Lipinski definition) is 3. The van der Waals surface area contributed by atoms with E-state index in [-0.39, 0.29) is 0 Å². The zero-order chi connectivity index (χ0) is 10.8. The molecule has 0 aromatic carbocycles. The van der Waals surface area contributed by atoms with Gasteiger partial charge in [-0.2, -0.15) is 5.10 Å². The lowest BCUT2D eigenvalue weighted by atomic mass is 9.92. The summed E-state index contributed by atoms with van der Waals surface area (Å²) in [4.78, 5) is 0. The Labute approximate surface area is 95.8 Å². The minimum absolute atomic E-state index is 0.562. The molecule has 1 aromatic heterocycles. The molecule has 1 aliphatic heterocycles. The van der Waals surface area contributed by atoms with Gasteiger partial charge in [0.1, 0.15) is 0 Å². The van der Waals surface area contributed by atoms with Crippen LogP contribution in [0.4, 0.5) is 0 Å². The summed E-state index contributed by atoms with van der Waals surface area (Å²) in [6, 6.07) is 1.17. The van der Waals surface area contributed by atoms with Gasteiger partial charge in [-0.3, -0.25) is 5.10 Å². The van der Waals surface area contributed by atoms with Crippen molar-refractivity contribution < 1.29 is 4.74 Å².